The topological polar surface area (TPSA) is 69.6 Å². The first-order valence-electron chi connectivity index (χ1n) is 8.35. The van der Waals surface area contributed by atoms with Crippen LogP contribution in [0.25, 0.3) is 11.0 Å². The molecule has 0 aliphatic carbocycles. The van der Waals surface area contributed by atoms with Crippen LogP contribution in [0.4, 0.5) is 4.79 Å². The number of amides is 1. The molecule has 24 heavy (non-hydrogen) atoms. The summed E-state index contributed by atoms with van der Waals surface area (Å²) in [4.78, 5) is 24.2. The maximum absolute atomic E-state index is 11.3. The second-order valence-corrected chi connectivity index (χ2v) is 6.77. The molecule has 3 atom stereocenters. The summed E-state index contributed by atoms with van der Waals surface area (Å²) in [5.74, 6) is 0. The lowest BCUT2D eigenvalue weighted by Gasteiger charge is -2.45. The molecule has 128 valence electrons. The molecule has 0 saturated carbocycles. The molecule has 1 aliphatic rings. The van der Waals surface area contributed by atoms with E-state index in [-0.39, 0.29) is 18.1 Å². The van der Waals surface area contributed by atoms with Gasteiger partial charge in [0.25, 0.3) is 0 Å². The highest BCUT2D eigenvalue weighted by Gasteiger charge is 2.34. The number of fused-ring (bicyclic) bond motifs is 1. The van der Waals surface area contributed by atoms with Gasteiger partial charge in [-0.05, 0) is 45.4 Å². The zero-order chi connectivity index (χ0) is 17.4. The zero-order valence-corrected chi connectivity index (χ0v) is 14.6. The summed E-state index contributed by atoms with van der Waals surface area (Å²) >= 11 is 0. The Morgan fingerprint density at radius 2 is 2.00 bits per heavy atom. The van der Waals surface area contributed by atoms with Gasteiger partial charge in [-0.3, -0.25) is 9.88 Å². The van der Waals surface area contributed by atoms with Gasteiger partial charge in [0.15, 0.2) is 0 Å². The molecule has 0 bridgehead atoms. The molecule has 1 amide bonds. The molecule has 1 saturated heterocycles. The number of benzene rings is 1. The first kappa shape index (κ1) is 16.6. The monoisotopic (exact) mass is 328 g/mol. The molecule has 1 N–H and O–H groups in total. The fourth-order valence-electron chi connectivity index (χ4n) is 3.53. The minimum Gasteiger partial charge on any atom is -0.465 e. The van der Waals surface area contributed by atoms with Crippen molar-refractivity contribution in [3.8, 4) is 0 Å². The number of aromatic nitrogens is 2. The van der Waals surface area contributed by atoms with E-state index >= 15 is 0 Å². The zero-order valence-electron chi connectivity index (χ0n) is 14.6. The Kier molecular flexibility index (Phi) is 4.41. The van der Waals surface area contributed by atoms with Crippen LogP contribution >= 0.6 is 0 Å². The van der Waals surface area contributed by atoms with E-state index in [9.17, 15) is 9.90 Å². The smallest absolute Gasteiger partial charge is 0.407 e. The van der Waals surface area contributed by atoms with Gasteiger partial charge < -0.3 is 10.0 Å². The summed E-state index contributed by atoms with van der Waals surface area (Å²) in [7, 11) is 0. The normalized spacial score (nSPS) is 23.4. The van der Waals surface area contributed by atoms with Gasteiger partial charge in [-0.1, -0.05) is 6.07 Å². The maximum atomic E-state index is 11.3. The van der Waals surface area contributed by atoms with Gasteiger partial charge in [0.2, 0.25) is 0 Å². The highest BCUT2D eigenvalue weighted by molar-refractivity contribution is 5.75. The van der Waals surface area contributed by atoms with Crippen LogP contribution in [0, 0.1) is 6.92 Å². The second kappa shape index (κ2) is 6.36. The Morgan fingerprint density at radius 1 is 1.25 bits per heavy atom. The molecule has 1 aromatic heterocycles. The van der Waals surface area contributed by atoms with Crippen molar-refractivity contribution in [1.29, 1.82) is 0 Å². The predicted molar refractivity (Wildman–Crippen MR) is 93.1 cm³/mol. The SMILES string of the molecule is Cc1cnc2ccc(C(C)N3C[C@H](C)N(C(=O)O)C[C@H]3C)cc2n1. The summed E-state index contributed by atoms with van der Waals surface area (Å²) in [6.07, 6.45) is 0.943. The summed E-state index contributed by atoms with van der Waals surface area (Å²) in [6.45, 7) is 9.43. The van der Waals surface area contributed by atoms with Crippen LogP contribution in [-0.4, -0.2) is 56.1 Å². The van der Waals surface area contributed by atoms with E-state index in [1.54, 1.807) is 6.20 Å². The minimum absolute atomic E-state index is 0.0105. The van der Waals surface area contributed by atoms with E-state index in [4.69, 9.17) is 0 Å². The Labute approximate surface area is 142 Å². The standard InChI is InChI=1S/C18H24N4O2/c1-11-8-19-16-6-5-15(7-17(16)20-11)14(4)21-9-13(3)22(18(23)24)10-12(21)2/h5-8,12-14H,9-10H2,1-4H3,(H,23,24)/t12-,13+,14?/m1/s1. The number of hydrogen-bond acceptors (Lipinski definition) is 4. The van der Waals surface area contributed by atoms with Crippen LogP contribution in [0.5, 0.6) is 0 Å². The lowest BCUT2D eigenvalue weighted by molar-refractivity contribution is 0.0232. The molecule has 1 aliphatic heterocycles. The van der Waals surface area contributed by atoms with E-state index < -0.39 is 6.09 Å². The van der Waals surface area contributed by atoms with Crippen LogP contribution in [0.3, 0.4) is 0 Å². The third kappa shape index (κ3) is 3.06. The molecule has 2 heterocycles. The van der Waals surface area contributed by atoms with Gasteiger partial charge in [-0.2, -0.15) is 0 Å². The lowest BCUT2D eigenvalue weighted by atomic mass is 10.0. The van der Waals surface area contributed by atoms with Crippen LogP contribution in [0.1, 0.15) is 38.1 Å². The van der Waals surface area contributed by atoms with Crippen molar-refractivity contribution in [2.75, 3.05) is 13.1 Å². The average molecular weight is 328 g/mol. The number of carboxylic acid groups (broad SMARTS) is 1. The van der Waals surface area contributed by atoms with E-state index in [2.05, 4.69) is 40.8 Å². The number of rotatable bonds is 2. The summed E-state index contributed by atoms with van der Waals surface area (Å²) in [5.41, 5.74) is 3.90. The second-order valence-electron chi connectivity index (χ2n) is 6.77. The highest BCUT2D eigenvalue weighted by atomic mass is 16.4. The van der Waals surface area contributed by atoms with Gasteiger partial charge in [0.05, 0.1) is 16.7 Å². The first-order chi connectivity index (χ1) is 11.4. The Bertz CT molecular complexity index is 764. The molecule has 6 nitrogen and oxygen atoms in total. The van der Waals surface area contributed by atoms with Crippen molar-refractivity contribution in [1.82, 2.24) is 19.8 Å². The first-order valence-corrected chi connectivity index (χ1v) is 8.35. The summed E-state index contributed by atoms with van der Waals surface area (Å²) < 4.78 is 0. The quantitative estimate of drug-likeness (QED) is 0.917. The van der Waals surface area contributed by atoms with Crippen molar-refractivity contribution in [2.24, 2.45) is 0 Å². The molecule has 1 unspecified atom stereocenters. The van der Waals surface area contributed by atoms with Crippen LogP contribution in [0.2, 0.25) is 0 Å². The minimum atomic E-state index is -0.835. The maximum Gasteiger partial charge on any atom is 0.407 e. The number of piperazine rings is 1. The molecule has 0 spiro atoms. The van der Waals surface area contributed by atoms with Gasteiger partial charge in [0, 0.05) is 37.4 Å². The largest absolute Gasteiger partial charge is 0.465 e. The van der Waals surface area contributed by atoms with Gasteiger partial charge in [-0.15, -0.1) is 0 Å². The van der Waals surface area contributed by atoms with Gasteiger partial charge in [0.1, 0.15) is 0 Å². The van der Waals surface area contributed by atoms with Crippen molar-refractivity contribution < 1.29 is 9.90 Å². The fourth-order valence-corrected chi connectivity index (χ4v) is 3.53. The molecule has 1 aromatic carbocycles. The highest BCUT2D eigenvalue weighted by Crippen LogP contribution is 2.28. The third-order valence-corrected chi connectivity index (χ3v) is 4.95. The number of carbonyl (C=O) groups is 1. The molecular weight excluding hydrogens is 304 g/mol. The van der Waals surface area contributed by atoms with Crippen LogP contribution in [0.15, 0.2) is 24.4 Å². The van der Waals surface area contributed by atoms with Gasteiger partial charge >= 0.3 is 6.09 Å². The fraction of sp³-hybridized carbons (Fsp3) is 0.500. The van der Waals surface area contributed by atoms with Crippen LogP contribution < -0.4 is 0 Å². The van der Waals surface area contributed by atoms with E-state index in [1.165, 1.54) is 10.5 Å². The van der Waals surface area contributed by atoms with Crippen molar-refractivity contribution in [3.05, 3.63) is 35.7 Å². The number of aryl methyl sites for hydroxylation is 1. The number of hydrogen-bond donors (Lipinski definition) is 1. The van der Waals surface area contributed by atoms with Crippen molar-refractivity contribution in [2.45, 2.75) is 45.8 Å². The molecule has 1 fully saturated rings. The lowest BCUT2D eigenvalue weighted by Crippen LogP contribution is -2.58. The summed E-state index contributed by atoms with van der Waals surface area (Å²) in [6, 6.07) is 6.56. The Balaban J connectivity index is 1.86. The molecule has 6 heteroatoms. The average Bonchev–Trinajstić information content (AvgIpc) is 2.55. The third-order valence-electron chi connectivity index (χ3n) is 4.95. The molecule has 2 aromatic rings. The predicted octanol–water partition coefficient (Wildman–Crippen LogP) is 3.07. The molecule has 0 radical (unpaired) electrons. The van der Waals surface area contributed by atoms with Gasteiger partial charge in [-0.25, -0.2) is 9.78 Å². The Hall–Kier alpha value is -2.21. The van der Waals surface area contributed by atoms with E-state index in [0.29, 0.717) is 6.54 Å². The van der Waals surface area contributed by atoms with Crippen LogP contribution in [-0.2, 0) is 0 Å². The van der Waals surface area contributed by atoms with E-state index in [1.807, 2.05) is 19.9 Å². The molecular formula is C18H24N4O2. The van der Waals surface area contributed by atoms with Crippen molar-refractivity contribution in [3.63, 3.8) is 0 Å². The molecule has 3 rings (SSSR count). The summed E-state index contributed by atoms with van der Waals surface area (Å²) in [5, 5.41) is 9.30. The van der Waals surface area contributed by atoms with E-state index in [0.717, 1.165) is 23.3 Å². The number of nitrogens with zero attached hydrogens (tertiary/aromatic N) is 4. The van der Waals surface area contributed by atoms with Crippen molar-refractivity contribution >= 4 is 17.1 Å². The Morgan fingerprint density at radius 3 is 2.71 bits per heavy atom.